The first-order chi connectivity index (χ1) is 8.75. The summed E-state index contributed by atoms with van der Waals surface area (Å²) in [6.07, 6.45) is 5.46. The first kappa shape index (κ1) is 11.7. The van der Waals surface area contributed by atoms with Gasteiger partial charge < -0.3 is 5.11 Å². The van der Waals surface area contributed by atoms with Crippen LogP contribution in [-0.4, -0.2) is 28.1 Å². The van der Waals surface area contributed by atoms with E-state index in [0.717, 1.165) is 19.4 Å². The number of carbonyl (C=O) groups is 1. The largest absolute Gasteiger partial charge is 0.480 e. The fourth-order valence-electron chi connectivity index (χ4n) is 3.39. The van der Waals surface area contributed by atoms with Crippen LogP contribution in [0.1, 0.15) is 36.8 Å². The zero-order chi connectivity index (χ0) is 12.5. The number of benzene rings is 1. The van der Waals surface area contributed by atoms with Crippen molar-refractivity contribution in [3.8, 4) is 0 Å². The average molecular weight is 245 g/mol. The fraction of sp³-hybridized carbons (Fsp3) is 0.533. The molecule has 0 amide bonds. The van der Waals surface area contributed by atoms with Crippen LogP contribution in [0.25, 0.3) is 0 Å². The third-order valence-corrected chi connectivity index (χ3v) is 4.36. The van der Waals surface area contributed by atoms with Crippen LogP contribution < -0.4 is 0 Å². The standard InChI is InChI=1S/C15H19NO2/c17-15(18)14-9-11-5-1-2-6-12(11)10-16(14)13-7-3-4-8-13/h1-2,5-6,13-14H,3-4,7-10H2,(H,17,18)/t14-/m0/s1. The second kappa shape index (κ2) is 4.73. The Bertz CT molecular complexity index is 452. The van der Waals surface area contributed by atoms with Gasteiger partial charge in [-0.3, -0.25) is 9.69 Å². The normalized spacial score (nSPS) is 25.0. The zero-order valence-corrected chi connectivity index (χ0v) is 10.5. The molecule has 0 unspecified atom stereocenters. The molecule has 3 nitrogen and oxygen atoms in total. The third kappa shape index (κ3) is 2.03. The van der Waals surface area contributed by atoms with Gasteiger partial charge in [-0.15, -0.1) is 0 Å². The highest BCUT2D eigenvalue weighted by Crippen LogP contribution is 2.31. The Balaban J connectivity index is 1.90. The number of hydrogen-bond acceptors (Lipinski definition) is 2. The van der Waals surface area contributed by atoms with Gasteiger partial charge in [0.2, 0.25) is 0 Å². The lowest BCUT2D eigenvalue weighted by atomic mass is 9.92. The van der Waals surface area contributed by atoms with Crippen molar-refractivity contribution < 1.29 is 9.90 Å². The van der Waals surface area contributed by atoms with Crippen LogP contribution in [0.2, 0.25) is 0 Å². The molecule has 0 spiro atoms. The molecule has 96 valence electrons. The van der Waals surface area contributed by atoms with Gasteiger partial charge in [0, 0.05) is 12.6 Å². The van der Waals surface area contributed by atoms with Crippen LogP contribution in [0.5, 0.6) is 0 Å². The summed E-state index contributed by atoms with van der Waals surface area (Å²) in [6, 6.07) is 8.39. The Kier molecular flexibility index (Phi) is 3.08. The molecule has 1 heterocycles. The van der Waals surface area contributed by atoms with E-state index in [1.807, 2.05) is 12.1 Å². The minimum absolute atomic E-state index is 0.331. The van der Waals surface area contributed by atoms with Crippen LogP contribution in [0, 0.1) is 0 Å². The number of hydrogen-bond donors (Lipinski definition) is 1. The zero-order valence-electron chi connectivity index (χ0n) is 10.5. The number of fused-ring (bicyclic) bond motifs is 1. The summed E-state index contributed by atoms with van der Waals surface area (Å²) >= 11 is 0. The minimum Gasteiger partial charge on any atom is -0.480 e. The first-order valence-corrected chi connectivity index (χ1v) is 6.81. The number of rotatable bonds is 2. The average Bonchev–Trinajstić information content (AvgIpc) is 2.91. The molecule has 1 saturated carbocycles. The van der Waals surface area contributed by atoms with E-state index in [-0.39, 0.29) is 6.04 Å². The molecule has 3 heteroatoms. The van der Waals surface area contributed by atoms with Gasteiger partial charge in [-0.1, -0.05) is 37.1 Å². The van der Waals surface area contributed by atoms with Crippen molar-refractivity contribution in [1.29, 1.82) is 0 Å². The molecule has 0 bridgehead atoms. The van der Waals surface area contributed by atoms with Gasteiger partial charge >= 0.3 is 5.97 Å². The number of carboxylic acids is 1. The van der Waals surface area contributed by atoms with E-state index in [1.165, 1.54) is 24.0 Å². The first-order valence-electron chi connectivity index (χ1n) is 6.81. The van der Waals surface area contributed by atoms with Crippen LogP contribution in [0.15, 0.2) is 24.3 Å². The lowest BCUT2D eigenvalue weighted by molar-refractivity contribution is -0.145. The lowest BCUT2D eigenvalue weighted by Gasteiger charge is -2.38. The number of carboxylic acid groups (broad SMARTS) is 1. The quantitative estimate of drug-likeness (QED) is 0.870. The van der Waals surface area contributed by atoms with Crippen molar-refractivity contribution in [2.24, 2.45) is 0 Å². The van der Waals surface area contributed by atoms with E-state index in [4.69, 9.17) is 0 Å². The highest BCUT2D eigenvalue weighted by Gasteiger charge is 2.36. The van der Waals surface area contributed by atoms with Crippen molar-refractivity contribution in [2.45, 2.75) is 50.7 Å². The second-order valence-electron chi connectivity index (χ2n) is 5.44. The molecule has 3 rings (SSSR count). The Morgan fingerprint density at radius 1 is 1.17 bits per heavy atom. The number of aliphatic carboxylic acids is 1. The maximum Gasteiger partial charge on any atom is 0.321 e. The maximum absolute atomic E-state index is 11.5. The molecular formula is C15H19NO2. The molecule has 1 aliphatic carbocycles. The molecule has 2 aliphatic rings. The van der Waals surface area contributed by atoms with Gasteiger partial charge in [-0.25, -0.2) is 0 Å². The van der Waals surface area contributed by atoms with Gasteiger partial charge in [0.25, 0.3) is 0 Å². The smallest absolute Gasteiger partial charge is 0.321 e. The summed E-state index contributed by atoms with van der Waals surface area (Å²) in [5.74, 6) is -0.670. The maximum atomic E-state index is 11.5. The Morgan fingerprint density at radius 3 is 2.50 bits per heavy atom. The van der Waals surface area contributed by atoms with E-state index >= 15 is 0 Å². The monoisotopic (exact) mass is 245 g/mol. The summed E-state index contributed by atoms with van der Waals surface area (Å²) in [7, 11) is 0. The summed E-state index contributed by atoms with van der Waals surface area (Å²) in [5, 5.41) is 9.45. The van der Waals surface area contributed by atoms with Gasteiger partial charge in [-0.05, 0) is 30.4 Å². The summed E-state index contributed by atoms with van der Waals surface area (Å²) in [5.41, 5.74) is 2.51. The van der Waals surface area contributed by atoms with E-state index < -0.39 is 5.97 Å². The van der Waals surface area contributed by atoms with Gasteiger partial charge in [0.05, 0.1) is 0 Å². The molecular weight excluding hydrogens is 226 g/mol. The van der Waals surface area contributed by atoms with Crippen LogP contribution in [-0.2, 0) is 17.8 Å². The Labute approximate surface area is 107 Å². The molecule has 1 aromatic rings. The van der Waals surface area contributed by atoms with Crippen molar-refractivity contribution in [1.82, 2.24) is 4.90 Å². The minimum atomic E-state index is -0.670. The molecule has 1 aliphatic heterocycles. The summed E-state index contributed by atoms with van der Waals surface area (Å²) in [4.78, 5) is 13.7. The fourth-order valence-corrected chi connectivity index (χ4v) is 3.39. The van der Waals surface area contributed by atoms with Crippen molar-refractivity contribution in [3.63, 3.8) is 0 Å². The van der Waals surface area contributed by atoms with E-state index in [1.54, 1.807) is 0 Å². The van der Waals surface area contributed by atoms with Crippen LogP contribution >= 0.6 is 0 Å². The van der Waals surface area contributed by atoms with E-state index in [9.17, 15) is 9.90 Å². The SMILES string of the molecule is O=C(O)[C@@H]1Cc2ccccc2CN1C1CCCC1. The van der Waals surface area contributed by atoms with E-state index in [0.29, 0.717) is 12.5 Å². The highest BCUT2D eigenvalue weighted by molar-refractivity contribution is 5.74. The lowest BCUT2D eigenvalue weighted by Crippen LogP contribution is -2.49. The second-order valence-corrected chi connectivity index (χ2v) is 5.44. The third-order valence-electron chi connectivity index (χ3n) is 4.36. The summed E-state index contributed by atoms with van der Waals surface area (Å²) in [6.45, 7) is 0.803. The molecule has 1 N–H and O–H groups in total. The molecule has 1 atom stereocenters. The van der Waals surface area contributed by atoms with E-state index in [2.05, 4.69) is 17.0 Å². The molecule has 0 radical (unpaired) electrons. The number of nitrogens with zero attached hydrogens (tertiary/aromatic N) is 1. The molecule has 0 saturated heterocycles. The van der Waals surface area contributed by atoms with Crippen molar-refractivity contribution in [2.75, 3.05) is 0 Å². The van der Waals surface area contributed by atoms with Gasteiger partial charge in [-0.2, -0.15) is 0 Å². The summed E-state index contributed by atoms with van der Waals surface area (Å²) < 4.78 is 0. The molecule has 18 heavy (non-hydrogen) atoms. The predicted octanol–water partition coefficient (Wildman–Crippen LogP) is 2.44. The van der Waals surface area contributed by atoms with Crippen LogP contribution in [0.3, 0.4) is 0 Å². The Hall–Kier alpha value is -1.35. The van der Waals surface area contributed by atoms with Crippen molar-refractivity contribution in [3.05, 3.63) is 35.4 Å². The topological polar surface area (TPSA) is 40.5 Å². The van der Waals surface area contributed by atoms with Gasteiger partial charge in [0.1, 0.15) is 6.04 Å². The van der Waals surface area contributed by atoms with Gasteiger partial charge in [0.15, 0.2) is 0 Å². The molecule has 1 fully saturated rings. The molecule has 0 aromatic heterocycles. The van der Waals surface area contributed by atoms with Crippen molar-refractivity contribution >= 4 is 5.97 Å². The Morgan fingerprint density at radius 2 is 1.83 bits per heavy atom. The molecule has 1 aromatic carbocycles. The predicted molar refractivity (Wildman–Crippen MR) is 69.4 cm³/mol. The van der Waals surface area contributed by atoms with Crippen LogP contribution in [0.4, 0.5) is 0 Å². The highest BCUT2D eigenvalue weighted by atomic mass is 16.4.